The number of ether oxygens (including phenoxy) is 1. The highest BCUT2D eigenvalue weighted by atomic mass is 79.9. The van der Waals surface area contributed by atoms with Crippen LogP contribution in [0.1, 0.15) is 17.2 Å². The quantitative estimate of drug-likeness (QED) is 0.810. The fourth-order valence-electron chi connectivity index (χ4n) is 2.04. The molecule has 0 aliphatic rings. The standard InChI is InChI=1S/C16H17BrClNO2/c1-10-3-6-16(21-2)12(7-10)15(20)9-19-11-4-5-13(17)14(18)8-11/h3-8,15,19-20H,9H2,1-2H3. The number of aryl methyl sites for hydroxylation is 1. The first kappa shape index (κ1) is 16.1. The topological polar surface area (TPSA) is 41.5 Å². The molecular formula is C16H17BrClNO2. The van der Waals surface area contributed by atoms with Crippen molar-refractivity contribution in [1.82, 2.24) is 0 Å². The predicted octanol–water partition coefficient (Wildman–Crippen LogP) is 4.57. The highest BCUT2D eigenvalue weighted by Gasteiger charge is 2.13. The fraction of sp³-hybridized carbons (Fsp3) is 0.250. The van der Waals surface area contributed by atoms with Crippen LogP contribution in [0.25, 0.3) is 0 Å². The predicted molar refractivity (Wildman–Crippen MR) is 90.3 cm³/mol. The van der Waals surface area contributed by atoms with Crippen LogP contribution < -0.4 is 10.1 Å². The Hall–Kier alpha value is -1.23. The van der Waals surface area contributed by atoms with E-state index in [9.17, 15) is 5.11 Å². The van der Waals surface area contributed by atoms with Gasteiger partial charge in [0.25, 0.3) is 0 Å². The third-order valence-electron chi connectivity index (χ3n) is 3.16. The zero-order chi connectivity index (χ0) is 15.4. The average Bonchev–Trinajstić information content (AvgIpc) is 2.48. The lowest BCUT2D eigenvalue weighted by Gasteiger charge is -2.17. The van der Waals surface area contributed by atoms with Crippen LogP contribution in [0, 0.1) is 6.92 Å². The summed E-state index contributed by atoms with van der Waals surface area (Å²) in [4.78, 5) is 0. The number of nitrogens with one attached hydrogen (secondary N) is 1. The maximum atomic E-state index is 10.4. The molecule has 2 N–H and O–H groups in total. The van der Waals surface area contributed by atoms with Gasteiger partial charge in [0.15, 0.2) is 0 Å². The van der Waals surface area contributed by atoms with E-state index in [0.29, 0.717) is 17.3 Å². The monoisotopic (exact) mass is 369 g/mol. The Labute approximate surface area is 138 Å². The van der Waals surface area contributed by atoms with Crippen LogP contribution in [0.4, 0.5) is 5.69 Å². The van der Waals surface area contributed by atoms with Gasteiger partial charge in [-0.25, -0.2) is 0 Å². The number of anilines is 1. The van der Waals surface area contributed by atoms with Crippen molar-refractivity contribution in [2.24, 2.45) is 0 Å². The molecule has 21 heavy (non-hydrogen) atoms. The molecule has 0 bridgehead atoms. The molecule has 0 aromatic heterocycles. The van der Waals surface area contributed by atoms with Crippen LogP contribution in [0.2, 0.25) is 5.02 Å². The third kappa shape index (κ3) is 4.13. The minimum atomic E-state index is -0.665. The molecule has 0 saturated heterocycles. The minimum Gasteiger partial charge on any atom is -0.496 e. The Morgan fingerprint density at radius 1 is 1.29 bits per heavy atom. The van der Waals surface area contributed by atoms with Gasteiger partial charge in [-0.1, -0.05) is 23.2 Å². The molecule has 2 aromatic carbocycles. The molecule has 3 nitrogen and oxygen atoms in total. The van der Waals surface area contributed by atoms with Gasteiger partial charge in [-0.2, -0.15) is 0 Å². The van der Waals surface area contributed by atoms with Crippen LogP contribution in [0.5, 0.6) is 5.75 Å². The van der Waals surface area contributed by atoms with Gasteiger partial charge < -0.3 is 15.2 Å². The maximum Gasteiger partial charge on any atom is 0.124 e. The Morgan fingerprint density at radius 3 is 2.71 bits per heavy atom. The van der Waals surface area contributed by atoms with Gasteiger partial charge in [0.2, 0.25) is 0 Å². The largest absolute Gasteiger partial charge is 0.496 e. The van der Waals surface area contributed by atoms with E-state index in [2.05, 4.69) is 21.2 Å². The summed E-state index contributed by atoms with van der Waals surface area (Å²) in [5.41, 5.74) is 2.71. The molecule has 0 saturated carbocycles. The van der Waals surface area contributed by atoms with Crippen LogP contribution in [-0.4, -0.2) is 18.8 Å². The van der Waals surface area contributed by atoms with Gasteiger partial charge in [-0.05, 0) is 53.2 Å². The smallest absolute Gasteiger partial charge is 0.124 e. The Kier molecular flexibility index (Phi) is 5.51. The van der Waals surface area contributed by atoms with Crippen molar-refractivity contribution in [3.05, 3.63) is 57.0 Å². The number of hydrogen-bond acceptors (Lipinski definition) is 3. The molecule has 0 radical (unpaired) electrons. The number of aliphatic hydroxyl groups is 1. The second-order valence-electron chi connectivity index (χ2n) is 4.77. The average molecular weight is 371 g/mol. The van der Waals surface area contributed by atoms with Crippen LogP contribution in [0.15, 0.2) is 40.9 Å². The summed E-state index contributed by atoms with van der Waals surface area (Å²) in [6, 6.07) is 11.3. The van der Waals surface area contributed by atoms with Gasteiger partial charge in [0.1, 0.15) is 5.75 Å². The Balaban J connectivity index is 2.09. The highest BCUT2D eigenvalue weighted by molar-refractivity contribution is 9.10. The van der Waals surface area contributed by atoms with Gasteiger partial charge in [0, 0.05) is 22.3 Å². The van der Waals surface area contributed by atoms with Crippen LogP contribution in [0.3, 0.4) is 0 Å². The van der Waals surface area contributed by atoms with E-state index in [4.69, 9.17) is 16.3 Å². The lowest BCUT2D eigenvalue weighted by Crippen LogP contribution is -2.13. The van der Waals surface area contributed by atoms with E-state index < -0.39 is 6.10 Å². The van der Waals surface area contributed by atoms with Crippen LogP contribution in [-0.2, 0) is 0 Å². The summed E-state index contributed by atoms with van der Waals surface area (Å²) in [7, 11) is 1.60. The molecule has 0 aliphatic heterocycles. The first-order chi connectivity index (χ1) is 10.0. The van der Waals surface area contributed by atoms with Crippen molar-refractivity contribution in [3.63, 3.8) is 0 Å². The third-order valence-corrected chi connectivity index (χ3v) is 4.40. The van der Waals surface area contributed by atoms with Gasteiger partial charge in [-0.3, -0.25) is 0 Å². The Morgan fingerprint density at radius 2 is 2.05 bits per heavy atom. The van der Waals surface area contributed by atoms with Crippen molar-refractivity contribution in [1.29, 1.82) is 0 Å². The zero-order valence-corrected chi connectivity index (χ0v) is 14.2. The number of hydrogen-bond donors (Lipinski definition) is 2. The Bertz CT molecular complexity index is 634. The second-order valence-corrected chi connectivity index (χ2v) is 6.03. The SMILES string of the molecule is COc1ccc(C)cc1C(O)CNc1ccc(Br)c(Cl)c1. The number of aliphatic hydroxyl groups excluding tert-OH is 1. The molecule has 0 heterocycles. The molecule has 5 heteroatoms. The molecular weight excluding hydrogens is 354 g/mol. The molecule has 2 aromatic rings. The zero-order valence-electron chi connectivity index (χ0n) is 11.9. The molecule has 0 fully saturated rings. The summed E-state index contributed by atoms with van der Waals surface area (Å²) in [5, 5.41) is 14.2. The highest BCUT2D eigenvalue weighted by Crippen LogP contribution is 2.28. The normalized spacial score (nSPS) is 12.0. The molecule has 0 amide bonds. The molecule has 0 aliphatic carbocycles. The lowest BCUT2D eigenvalue weighted by molar-refractivity contribution is 0.187. The van der Waals surface area contributed by atoms with E-state index in [1.807, 2.05) is 43.3 Å². The van der Waals surface area contributed by atoms with E-state index in [1.54, 1.807) is 7.11 Å². The van der Waals surface area contributed by atoms with E-state index in [1.165, 1.54) is 0 Å². The summed E-state index contributed by atoms with van der Waals surface area (Å²) in [6.45, 7) is 2.36. The van der Waals surface area contributed by atoms with Crippen LogP contribution >= 0.6 is 27.5 Å². The van der Waals surface area contributed by atoms with Gasteiger partial charge in [0.05, 0.1) is 18.2 Å². The fourth-order valence-corrected chi connectivity index (χ4v) is 2.47. The van der Waals surface area contributed by atoms with Crippen molar-refractivity contribution in [2.75, 3.05) is 19.0 Å². The summed E-state index contributed by atoms with van der Waals surface area (Å²) in [6.07, 6.45) is -0.665. The number of benzene rings is 2. The van der Waals surface area contributed by atoms with Crippen molar-refractivity contribution >= 4 is 33.2 Å². The number of rotatable bonds is 5. The van der Waals surface area contributed by atoms with E-state index in [0.717, 1.165) is 21.3 Å². The summed E-state index contributed by atoms with van der Waals surface area (Å²) in [5.74, 6) is 0.684. The first-order valence-corrected chi connectivity index (χ1v) is 7.70. The molecule has 112 valence electrons. The second kappa shape index (κ2) is 7.16. The molecule has 1 unspecified atom stereocenters. The van der Waals surface area contributed by atoms with Crippen molar-refractivity contribution in [3.8, 4) is 5.75 Å². The molecule has 1 atom stereocenters. The number of methoxy groups -OCH3 is 1. The van der Waals surface area contributed by atoms with Gasteiger partial charge in [-0.15, -0.1) is 0 Å². The maximum absolute atomic E-state index is 10.4. The van der Waals surface area contributed by atoms with Crippen molar-refractivity contribution in [2.45, 2.75) is 13.0 Å². The van der Waals surface area contributed by atoms with E-state index in [-0.39, 0.29) is 0 Å². The minimum absolute atomic E-state index is 0.373. The van der Waals surface area contributed by atoms with Crippen molar-refractivity contribution < 1.29 is 9.84 Å². The summed E-state index contributed by atoms with van der Waals surface area (Å²) >= 11 is 9.39. The van der Waals surface area contributed by atoms with E-state index >= 15 is 0 Å². The summed E-state index contributed by atoms with van der Waals surface area (Å²) < 4.78 is 6.14. The first-order valence-electron chi connectivity index (χ1n) is 6.53. The number of halogens is 2. The molecule has 2 rings (SSSR count). The van der Waals surface area contributed by atoms with Gasteiger partial charge >= 0.3 is 0 Å². The lowest BCUT2D eigenvalue weighted by atomic mass is 10.1. The molecule has 0 spiro atoms.